The number of ether oxygens (including phenoxy) is 2. The van der Waals surface area contributed by atoms with E-state index in [0.29, 0.717) is 52.0 Å². The number of carbonyl (C=O) groups is 4. The van der Waals surface area contributed by atoms with Gasteiger partial charge in [-0.2, -0.15) is 0 Å². The van der Waals surface area contributed by atoms with Gasteiger partial charge in [-0.05, 0) is 37.3 Å². The molecule has 0 unspecified atom stereocenters. The van der Waals surface area contributed by atoms with Crippen LogP contribution >= 0.6 is 0 Å². The summed E-state index contributed by atoms with van der Waals surface area (Å²) in [5, 5.41) is 14.8. The molecule has 2 aliphatic rings. The molecule has 0 aromatic carbocycles. The van der Waals surface area contributed by atoms with Crippen LogP contribution in [0.3, 0.4) is 0 Å². The number of carboxylic acid groups (broad SMARTS) is 1. The van der Waals surface area contributed by atoms with Crippen LogP contribution in [0.1, 0.15) is 50.1 Å². The minimum atomic E-state index is -0.759. The third-order valence-corrected chi connectivity index (χ3v) is 6.78. The zero-order chi connectivity index (χ0) is 25.9. The Hall–Kier alpha value is -3.05. The van der Waals surface area contributed by atoms with Gasteiger partial charge in [-0.1, -0.05) is 6.07 Å². The molecule has 3 rings (SSSR count). The Morgan fingerprint density at radius 3 is 2.50 bits per heavy atom. The van der Waals surface area contributed by atoms with E-state index in [1.807, 2.05) is 6.07 Å². The van der Waals surface area contributed by atoms with Crippen molar-refractivity contribution in [3.63, 3.8) is 0 Å². The Morgan fingerprint density at radius 2 is 1.83 bits per heavy atom. The molecule has 1 aliphatic carbocycles. The van der Waals surface area contributed by atoms with Gasteiger partial charge in [0.1, 0.15) is 0 Å². The first-order valence-corrected chi connectivity index (χ1v) is 12.5. The van der Waals surface area contributed by atoms with Gasteiger partial charge in [0.25, 0.3) is 0 Å². The van der Waals surface area contributed by atoms with Crippen LogP contribution in [-0.4, -0.2) is 84.7 Å². The Balaban J connectivity index is 1.22. The standard InChI is InChI=1S/C25H36N4O7/c1-29-22(31)15-20(23(29)18-3-2-9-26-16-18)24(32)27-10-12-36-14-13-35-11-8-21(30)28-19-6-4-17(5-7-19)25(33)34/h2-3,9,16-17,19-20,23H,4-8,10-15H2,1H3,(H,27,32)(H,28,30)(H,33,34)/t17?,19?,20-,23+/m0/s1. The molecule has 11 nitrogen and oxygen atoms in total. The number of carbonyl (C=O) groups excluding carboxylic acids is 3. The third-order valence-electron chi connectivity index (χ3n) is 6.78. The highest BCUT2D eigenvalue weighted by Gasteiger charge is 2.42. The minimum Gasteiger partial charge on any atom is -0.481 e. The molecule has 1 saturated heterocycles. The van der Waals surface area contributed by atoms with Crippen LogP contribution in [0, 0.1) is 11.8 Å². The van der Waals surface area contributed by atoms with Crippen molar-refractivity contribution in [2.75, 3.05) is 40.0 Å². The van der Waals surface area contributed by atoms with Crippen molar-refractivity contribution >= 4 is 23.7 Å². The maximum absolute atomic E-state index is 12.7. The monoisotopic (exact) mass is 504 g/mol. The summed E-state index contributed by atoms with van der Waals surface area (Å²) in [6.45, 7) is 1.56. The molecule has 0 spiro atoms. The number of aliphatic carboxylic acids is 1. The quantitative estimate of drug-likeness (QED) is 0.336. The van der Waals surface area contributed by atoms with E-state index in [1.54, 1.807) is 30.4 Å². The number of rotatable bonds is 13. The van der Waals surface area contributed by atoms with Crippen LogP contribution in [0.25, 0.3) is 0 Å². The number of amides is 3. The number of carboxylic acids is 1. The summed E-state index contributed by atoms with van der Waals surface area (Å²) in [7, 11) is 1.70. The van der Waals surface area contributed by atoms with E-state index in [4.69, 9.17) is 14.6 Å². The van der Waals surface area contributed by atoms with Crippen LogP contribution in [0.15, 0.2) is 24.5 Å². The van der Waals surface area contributed by atoms with Crippen LogP contribution in [0.5, 0.6) is 0 Å². The molecule has 2 fully saturated rings. The lowest BCUT2D eigenvalue weighted by atomic mass is 9.86. The zero-order valence-corrected chi connectivity index (χ0v) is 20.7. The lowest BCUT2D eigenvalue weighted by Gasteiger charge is -2.26. The molecule has 198 valence electrons. The molecule has 1 saturated carbocycles. The van der Waals surface area contributed by atoms with Gasteiger partial charge in [-0.25, -0.2) is 0 Å². The molecular formula is C25H36N4O7. The summed E-state index contributed by atoms with van der Waals surface area (Å²) < 4.78 is 10.9. The molecule has 36 heavy (non-hydrogen) atoms. The molecular weight excluding hydrogens is 468 g/mol. The number of nitrogens with zero attached hydrogens (tertiary/aromatic N) is 2. The van der Waals surface area contributed by atoms with Crippen molar-refractivity contribution in [2.45, 2.75) is 50.6 Å². The van der Waals surface area contributed by atoms with Crippen LogP contribution in [0.2, 0.25) is 0 Å². The van der Waals surface area contributed by atoms with E-state index < -0.39 is 11.9 Å². The smallest absolute Gasteiger partial charge is 0.306 e. The Bertz CT molecular complexity index is 890. The van der Waals surface area contributed by atoms with Crippen LogP contribution in [0.4, 0.5) is 0 Å². The molecule has 1 aromatic rings. The fourth-order valence-electron chi connectivity index (χ4n) is 4.76. The van der Waals surface area contributed by atoms with Gasteiger partial charge < -0.3 is 30.1 Å². The summed E-state index contributed by atoms with van der Waals surface area (Å²) in [5.41, 5.74) is 0.832. The first-order chi connectivity index (χ1) is 17.4. The fourth-order valence-corrected chi connectivity index (χ4v) is 4.76. The summed E-state index contributed by atoms with van der Waals surface area (Å²) >= 11 is 0. The van der Waals surface area contributed by atoms with E-state index >= 15 is 0 Å². The van der Waals surface area contributed by atoms with E-state index in [1.165, 1.54) is 0 Å². The normalized spacial score (nSPS) is 23.9. The second-order valence-electron chi connectivity index (χ2n) is 9.27. The summed E-state index contributed by atoms with van der Waals surface area (Å²) in [4.78, 5) is 53.6. The highest BCUT2D eigenvalue weighted by molar-refractivity contribution is 5.90. The van der Waals surface area contributed by atoms with Gasteiger partial charge in [0.2, 0.25) is 17.7 Å². The van der Waals surface area contributed by atoms with E-state index in [0.717, 1.165) is 5.56 Å². The van der Waals surface area contributed by atoms with Crippen molar-refractivity contribution in [1.29, 1.82) is 0 Å². The molecule has 1 aromatic heterocycles. The van der Waals surface area contributed by atoms with E-state index in [2.05, 4.69) is 15.6 Å². The van der Waals surface area contributed by atoms with Gasteiger partial charge >= 0.3 is 5.97 Å². The van der Waals surface area contributed by atoms with Crippen molar-refractivity contribution in [2.24, 2.45) is 11.8 Å². The summed E-state index contributed by atoms with van der Waals surface area (Å²) in [5.74, 6) is -1.90. The molecule has 2 heterocycles. The van der Waals surface area contributed by atoms with Gasteiger partial charge in [0.15, 0.2) is 0 Å². The van der Waals surface area contributed by atoms with Gasteiger partial charge in [0, 0.05) is 44.9 Å². The second-order valence-corrected chi connectivity index (χ2v) is 9.27. The minimum absolute atomic E-state index is 0.0361. The maximum Gasteiger partial charge on any atom is 0.306 e. The average Bonchev–Trinajstić information content (AvgIpc) is 3.17. The first kappa shape index (κ1) is 27.5. The van der Waals surface area contributed by atoms with Crippen molar-refractivity contribution in [1.82, 2.24) is 20.5 Å². The molecule has 3 N–H and O–H groups in total. The highest BCUT2D eigenvalue weighted by Crippen LogP contribution is 2.36. The van der Waals surface area contributed by atoms with E-state index in [9.17, 15) is 19.2 Å². The third kappa shape index (κ3) is 7.99. The predicted octanol–water partition coefficient (Wildman–Crippen LogP) is 0.900. The van der Waals surface area contributed by atoms with Crippen molar-refractivity contribution in [3.05, 3.63) is 30.1 Å². The largest absolute Gasteiger partial charge is 0.481 e. The first-order valence-electron chi connectivity index (χ1n) is 12.5. The average molecular weight is 505 g/mol. The second kappa shape index (κ2) is 13.9. The lowest BCUT2D eigenvalue weighted by molar-refractivity contribution is -0.143. The summed E-state index contributed by atoms with van der Waals surface area (Å²) in [6.07, 6.45) is 6.29. The van der Waals surface area contributed by atoms with Crippen LogP contribution < -0.4 is 10.6 Å². The number of aromatic nitrogens is 1. The highest BCUT2D eigenvalue weighted by atomic mass is 16.5. The number of pyridine rings is 1. The molecule has 0 bridgehead atoms. The predicted molar refractivity (Wildman–Crippen MR) is 129 cm³/mol. The fraction of sp³-hybridized carbons (Fsp3) is 0.640. The zero-order valence-electron chi connectivity index (χ0n) is 20.7. The number of hydrogen-bond donors (Lipinski definition) is 3. The molecule has 3 amide bonds. The molecule has 2 atom stereocenters. The van der Waals surface area contributed by atoms with Crippen LogP contribution in [-0.2, 0) is 28.7 Å². The Morgan fingerprint density at radius 1 is 1.11 bits per heavy atom. The Kier molecular flexibility index (Phi) is 10.6. The van der Waals surface area contributed by atoms with Crippen molar-refractivity contribution in [3.8, 4) is 0 Å². The summed E-state index contributed by atoms with van der Waals surface area (Å²) in [6, 6.07) is 3.36. The Labute approximate surface area is 210 Å². The topological polar surface area (TPSA) is 147 Å². The molecule has 0 radical (unpaired) electrons. The van der Waals surface area contributed by atoms with E-state index in [-0.39, 0.29) is 55.2 Å². The van der Waals surface area contributed by atoms with Gasteiger partial charge in [0.05, 0.1) is 44.3 Å². The molecule has 1 aliphatic heterocycles. The van der Waals surface area contributed by atoms with Crippen molar-refractivity contribution < 1.29 is 33.8 Å². The van der Waals surface area contributed by atoms with Gasteiger partial charge in [-0.3, -0.25) is 24.2 Å². The number of likely N-dealkylation sites (tertiary alicyclic amines) is 1. The molecule has 11 heteroatoms. The lowest BCUT2D eigenvalue weighted by Crippen LogP contribution is -2.39. The van der Waals surface area contributed by atoms with Gasteiger partial charge in [-0.15, -0.1) is 0 Å². The number of hydrogen-bond acceptors (Lipinski definition) is 7. The maximum atomic E-state index is 12.7. The number of nitrogens with one attached hydrogen (secondary N) is 2. The SMILES string of the molecule is CN1C(=O)C[C@H](C(=O)NCCOCCOCCC(=O)NC2CCC(C(=O)O)CC2)[C@H]1c1cccnc1.